The van der Waals surface area contributed by atoms with Crippen LogP contribution >= 0.6 is 0 Å². The van der Waals surface area contributed by atoms with Gasteiger partial charge in [-0.05, 0) is 6.92 Å². The first-order valence-corrected chi connectivity index (χ1v) is 3.90. The van der Waals surface area contributed by atoms with Crippen LogP contribution in [0.5, 0.6) is 0 Å². The third-order valence-corrected chi connectivity index (χ3v) is 1.77. The lowest BCUT2D eigenvalue weighted by molar-refractivity contribution is -0.142. The summed E-state index contributed by atoms with van der Waals surface area (Å²) in [6.07, 6.45) is 0.520. The summed E-state index contributed by atoms with van der Waals surface area (Å²) < 4.78 is 4.42. The number of hydrogen-bond donors (Lipinski definition) is 2. The van der Waals surface area contributed by atoms with Gasteiger partial charge in [-0.2, -0.15) is 0 Å². The monoisotopic (exact) mass is 184 g/mol. The molecular formula is C8H12N2O3. The Balaban J connectivity index is 2.63. The first-order valence-electron chi connectivity index (χ1n) is 3.90. The van der Waals surface area contributed by atoms with Crippen molar-refractivity contribution >= 4 is 5.97 Å². The van der Waals surface area contributed by atoms with E-state index >= 15 is 0 Å². The van der Waals surface area contributed by atoms with Gasteiger partial charge >= 0.3 is 5.97 Å². The molecule has 0 fully saturated rings. The van der Waals surface area contributed by atoms with Crippen molar-refractivity contribution in [1.82, 2.24) is 9.97 Å². The van der Waals surface area contributed by atoms with Crippen molar-refractivity contribution < 1.29 is 14.6 Å². The number of aromatic amines is 1. The number of nitrogens with zero attached hydrogens (tertiary/aromatic N) is 1. The highest BCUT2D eigenvalue weighted by atomic mass is 16.5. The molecule has 0 aliphatic carbocycles. The number of rotatable bonds is 3. The van der Waals surface area contributed by atoms with E-state index in [0.29, 0.717) is 5.69 Å². The van der Waals surface area contributed by atoms with E-state index < -0.39 is 12.1 Å². The summed E-state index contributed by atoms with van der Waals surface area (Å²) in [7, 11) is 1.28. The molecule has 0 bridgehead atoms. The van der Waals surface area contributed by atoms with Gasteiger partial charge in [0.1, 0.15) is 6.10 Å². The summed E-state index contributed by atoms with van der Waals surface area (Å²) in [6.45, 7) is 1.78. The number of ether oxygens (including phenoxy) is 1. The molecule has 1 heterocycles. The van der Waals surface area contributed by atoms with Crippen molar-refractivity contribution in [3.05, 3.63) is 17.7 Å². The molecule has 1 rings (SSSR count). The fraction of sp³-hybridized carbons (Fsp3) is 0.500. The molecule has 0 amide bonds. The van der Waals surface area contributed by atoms with Gasteiger partial charge < -0.3 is 14.8 Å². The molecule has 0 aliphatic rings. The molecule has 1 atom stereocenters. The first-order chi connectivity index (χ1) is 6.15. The number of nitrogens with one attached hydrogen (secondary N) is 1. The van der Waals surface area contributed by atoms with Gasteiger partial charge in [0.2, 0.25) is 0 Å². The van der Waals surface area contributed by atoms with Crippen LogP contribution in [0.15, 0.2) is 6.33 Å². The van der Waals surface area contributed by atoms with Gasteiger partial charge in [-0.1, -0.05) is 0 Å². The standard InChI is InChI=1S/C8H12N2O3/c1-5-8(10-4-9-5)6(11)3-7(12)13-2/h4,6,11H,3H2,1-2H3,(H,9,10)/t6-/m1/s1. The molecule has 0 aliphatic heterocycles. The number of aliphatic hydroxyl groups is 1. The Kier molecular flexibility index (Phi) is 3.02. The maximum Gasteiger partial charge on any atom is 0.308 e. The molecule has 0 radical (unpaired) electrons. The van der Waals surface area contributed by atoms with Gasteiger partial charge in [0.25, 0.3) is 0 Å². The van der Waals surface area contributed by atoms with Crippen LogP contribution in [0.25, 0.3) is 0 Å². The van der Waals surface area contributed by atoms with E-state index in [0.717, 1.165) is 5.69 Å². The lowest BCUT2D eigenvalue weighted by atomic mass is 10.1. The van der Waals surface area contributed by atoms with Crippen molar-refractivity contribution in [2.24, 2.45) is 0 Å². The Labute approximate surface area is 75.8 Å². The van der Waals surface area contributed by atoms with Crippen molar-refractivity contribution in [2.75, 3.05) is 7.11 Å². The van der Waals surface area contributed by atoms with Crippen LogP contribution in [0.3, 0.4) is 0 Å². The number of methoxy groups -OCH3 is 1. The summed E-state index contributed by atoms with van der Waals surface area (Å²) in [5, 5.41) is 9.51. The second-order valence-corrected chi connectivity index (χ2v) is 2.71. The summed E-state index contributed by atoms with van der Waals surface area (Å²) in [5.41, 5.74) is 1.25. The highest BCUT2D eigenvalue weighted by Gasteiger charge is 2.16. The SMILES string of the molecule is COC(=O)C[C@@H](O)c1nc[nH]c1C. The van der Waals surface area contributed by atoms with Crippen LogP contribution in [0.1, 0.15) is 23.9 Å². The van der Waals surface area contributed by atoms with E-state index in [1.807, 2.05) is 0 Å². The Morgan fingerprint density at radius 3 is 3.00 bits per heavy atom. The van der Waals surface area contributed by atoms with Gasteiger partial charge in [-0.15, -0.1) is 0 Å². The molecule has 0 spiro atoms. The zero-order valence-electron chi connectivity index (χ0n) is 7.57. The molecule has 13 heavy (non-hydrogen) atoms. The Hall–Kier alpha value is -1.36. The highest BCUT2D eigenvalue weighted by Crippen LogP contribution is 2.16. The van der Waals surface area contributed by atoms with Crippen LogP contribution in [0.4, 0.5) is 0 Å². The van der Waals surface area contributed by atoms with Crippen LogP contribution in [0, 0.1) is 6.92 Å². The Bertz CT molecular complexity index is 295. The summed E-state index contributed by atoms with van der Waals surface area (Å²) >= 11 is 0. The molecule has 1 aromatic rings. The molecule has 0 saturated heterocycles. The number of H-pyrrole nitrogens is 1. The maximum atomic E-state index is 10.8. The lowest BCUT2D eigenvalue weighted by Gasteiger charge is -2.06. The van der Waals surface area contributed by atoms with Crippen molar-refractivity contribution in [3.63, 3.8) is 0 Å². The Morgan fingerprint density at radius 2 is 2.54 bits per heavy atom. The number of aromatic nitrogens is 2. The number of imidazole rings is 1. The molecule has 5 nitrogen and oxygen atoms in total. The van der Waals surface area contributed by atoms with E-state index in [1.165, 1.54) is 13.4 Å². The van der Waals surface area contributed by atoms with Gasteiger partial charge in [0.15, 0.2) is 0 Å². The third kappa shape index (κ3) is 2.29. The molecular weight excluding hydrogens is 172 g/mol. The zero-order chi connectivity index (χ0) is 9.84. The topological polar surface area (TPSA) is 75.2 Å². The fourth-order valence-electron chi connectivity index (χ4n) is 1.04. The summed E-state index contributed by atoms with van der Waals surface area (Å²) in [5.74, 6) is -0.449. The summed E-state index contributed by atoms with van der Waals surface area (Å²) in [6, 6.07) is 0. The fourth-order valence-corrected chi connectivity index (χ4v) is 1.04. The van der Waals surface area contributed by atoms with Gasteiger partial charge in [0, 0.05) is 5.69 Å². The second-order valence-electron chi connectivity index (χ2n) is 2.71. The molecule has 0 aromatic carbocycles. The second kappa shape index (κ2) is 4.04. The quantitative estimate of drug-likeness (QED) is 0.663. The largest absolute Gasteiger partial charge is 0.469 e. The van der Waals surface area contributed by atoms with E-state index in [1.54, 1.807) is 6.92 Å². The normalized spacial score (nSPS) is 12.5. The predicted octanol–water partition coefficient (Wildman–Crippen LogP) is 0.315. The third-order valence-electron chi connectivity index (χ3n) is 1.77. The maximum absolute atomic E-state index is 10.8. The van der Waals surface area contributed by atoms with Crippen LogP contribution in [-0.4, -0.2) is 28.2 Å². The predicted molar refractivity (Wildman–Crippen MR) is 44.9 cm³/mol. The van der Waals surface area contributed by atoms with Gasteiger partial charge in [-0.25, -0.2) is 4.98 Å². The van der Waals surface area contributed by atoms with E-state index in [9.17, 15) is 9.90 Å². The van der Waals surface area contributed by atoms with Gasteiger partial charge in [-0.3, -0.25) is 4.79 Å². The van der Waals surface area contributed by atoms with Crippen molar-refractivity contribution in [2.45, 2.75) is 19.4 Å². The average Bonchev–Trinajstić information content (AvgIpc) is 2.51. The van der Waals surface area contributed by atoms with Crippen LogP contribution in [-0.2, 0) is 9.53 Å². The minimum Gasteiger partial charge on any atom is -0.469 e. The minimum absolute atomic E-state index is 0.0673. The van der Waals surface area contributed by atoms with Crippen LogP contribution in [0.2, 0.25) is 0 Å². The molecule has 72 valence electrons. The van der Waals surface area contributed by atoms with E-state index in [-0.39, 0.29) is 6.42 Å². The number of hydrogen-bond acceptors (Lipinski definition) is 4. The zero-order valence-corrected chi connectivity index (χ0v) is 7.57. The Morgan fingerprint density at radius 1 is 1.85 bits per heavy atom. The number of aliphatic hydroxyl groups excluding tert-OH is 1. The van der Waals surface area contributed by atoms with Crippen molar-refractivity contribution in [3.8, 4) is 0 Å². The smallest absolute Gasteiger partial charge is 0.308 e. The number of carbonyl (C=O) groups is 1. The first kappa shape index (κ1) is 9.73. The molecule has 2 N–H and O–H groups in total. The number of aryl methyl sites for hydroxylation is 1. The van der Waals surface area contributed by atoms with Crippen molar-refractivity contribution in [1.29, 1.82) is 0 Å². The lowest BCUT2D eigenvalue weighted by Crippen LogP contribution is -2.09. The highest BCUT2D eigenvalue weighted by molar-refractivity contribution is 5.69. The molecule has 0 unspecified atom stereocenters. The van der Waals surface area contributed by atoms with E-state index in [4.69, 9.17) is 0 Å². The molecule has 1 aromatic heterocycles. The average molecular weight is 184 g/mol. The molecule has 5 heteroatoms. The van der Waals surface area contributed by atoms with Gasteiger partial charge in [0.05, 0.1) is 25.6 Å². The number of carbonyl (C=O) groups excluding carboxylic acids is 1. The minimum atomic E-state index is -0.890. The van der Waals surface area contributed by atoms with E-state index in [2.05, 4.69) is 14.7 Å². The molecule has 0 saturated carbocycles. The van der Waals surface area contributed by atoms with Crippen LogP contribution < -0.4 is 0 Å². The summed E-state index contributed by atoms with van der Waals surface area (Å²) in [4.78, 5) is 17.5. The number of esters is 1.